The third-order valence-electron chi connectivity index (χ3n) is 4.22. The smallest absolute Gasteiger partial charge is 0.320 e. The van der Waals surface area contributed by atoms with E-state index < -0.39 is 0 Å². The molecule has 0 aliphatic carbocycles. The summed E-state index contributed by atoms with van der Waals surface area (Å²) in [6.07, 6.45) is 1.84. The highest BCUT2D eigenvalue weighted by Gasteiger charge is 2.35. The van der Waals surface area contributed by atoms with Gasteiger partial charge in [-0.05, 0) is 19.8 Å². The monoisotopic (exact) mass is 267 g/mol. The van der Waals surface area contributed by atoms with Gasteiger partial charge < -0.3 is 14.7 Å². The van der Waals surface area contributed by atoms with Gasteiger partial charge in [0.1, 0.15) is 0 Å². The second-order valence-electron chi connectivity index (χ2n) is 5.77. The number of piperidine rings is 1. The Bertz CT molecular complexity index is 349. The van der Waals surface area contributed by atoms with Gasteiger partial charge in [-0.25, -0.2) is 4.79 Å². The Labute approximate surface area is 115 Å². The minimum atomic E-state index is 0.0700. The van der Waals surface area contributed by atoms with Crippen molar-refractivity contribution in [1.29, 1.82) is 0 Å². The summed E-state index contributed by atoms with van der Waals surface area (Å²) in [6, 6.07) is 0.497. The molecule has 0 bridgehead atoms. The van der Waals surface area contributed by atoms with Gasteiger partial charge in [0.05, 0.1) is 0 Å². The van der Waals surface area contributed by atoms with Crippen LogP contribution in [0.4, 0.5) is 4.79 Å². The Morgan fingerprint density at radius 3 is 2.32 bits per heavy atom. The van der Waals surface area contributed by atoms with Crippen molar-refractivity contribution in [3.63, 3.8) is 0 Å². The average Bonchev–Trinajstić information content (AvgIpc) is 2.79. The van der Waals surface area contributed by atoms with Crippen molar-refractivity contribution in [1.82, 2.24) is 14.7 Å². The fourth-order valence-electron chi connectivity index (χ4n) is 3.00. The lowest BCUT2D eigenvalue weighted by molar-refractivity contribution is -0.135. The van der Waals surface area contributed by atoms with Crippen LogP contribution in [0, 0.1) is 5.92 Å². The molecule has 2 rings (SSSR count). The number of likely N-dealkylation sites (tertiary alicyclic amines) is 1. The van der Waals surface area contributed by atoms with Crippen LogP contribution in [0.1, 0.15) is 33.6 Å². The van der Waals surface area contributed by atoms with E-state index in [1.807, 2.05) is 35.5 Å². The average molecular weight is 267 g/mol. The summed E-state index contributed by atoms with van der Waals surface area (Å²) in [7, 11) is 0. The second-order valence-corrected chi connectivity index (χ2v) is 5.77. The second kappa shape index (κ2) is 5.80. The Morgan fingerprint density at radius 1 is 1.21 bits per heavy atom. The van der Waals surface area contributed by atoms with Gasteiger partial charge in [-0.3, -0.25) is 4.79 Å². The SMILES string of the molecule is CCN1CCN(C2CCN(C(=O)C(C)C)CC2)C1=O. The van der Waals surface area contributed by atoms with E-state index >= 15 is 0 Å². The fourth-order valence-corrected chi connectivity index (χ4v) is 3.00. The molecule has 0 aromatic carbocycles. The molecule has 2 aliphatic rings. The number of carbonyl (C=O) groups excluding carboxylic acids is 2. The largest absolute Gasteiger partial charge is 0.342 e. The summed E-state index contributed by atoms with van der Waals surface area (Å²) in [5.74, 6) is 0.307. The highest BCUT2D eigenvalue weighted by Crippen LogP contribution is 2.22. The standard InChI is InChI=1S/C14H25N3O2/c1-4-15-9-10-17(14(15)19)12-5-7-16(8-6-12)13(18)11(2)3/h11-12H,4-10H2,1-3H3. The molecule has 0 spiro atoms. The highest BCUT2D eigenvalue weighted by atomic mass is 16.2. The number of hydrogen-bond acceptors (Lipinski definition) is 2. The van der Waals surface area contributed by atoms with E-state index in [1.54, 1.807) is 0 Å². The van der Waals surface area contributed by atoms with E-state index in [1.165, 1.54) is 0 Å². The predicted octanol–water partition coefficient (Wildman–Crippen LogP) is 1.39. The van der Waals surface area contributed by atoms with Gasteiger partial charge in [0.2, 0.25) is 5.91 Å². The Kier molecular flexibility index (Phi) is 4.32. The van der Waals surface area contributed by atoms with Crippen molar-refractivity contribution in [2.45, 2.75) is 39.7 Å². The zero-order valence-electron chi connectivity index (χ0n) is 12.3. The van der Waals surface area contributed by atoms with Crippen molar-refractivity contribution in [3.8, 4) is 0 Å². The number of carbonyl (C=O) groups is 2. The van der Waals surface area contributed by atoms with Crippen LogP contribution < -0.4 is 0 Å². The number of amides is 3. The molecule has 2 heterocycles. The summed E-state index contributed by atoms with van der Waals surface area (Å²) >= 11 is 0. The normalized spacial score (nSPS) is 21.7. The molecule has 5 heteroatoms. The summed E-state index contributed by atoms with van der Waals surface area (Å²) in [5, 5.41) is 0. The maximum atomic E-state index is 12.1. The van der Waals surface area contributed by atoms with Crippen LogP contribution in [-0.4, -0.2) is 65.4 Å². The first-order valence-corrected chi connectivity index (χ1v) is 7.39. The predicted molar refractivity (Wildman–Crippen MR) is 73.8 cm³/mol. The van der Waals surface area contributed by atoms with Crippen molar-refractivity contribution < 1.29 is 9.59 Å². The number of nitrogens with zero attached hydrogens (tertiary/aromatic N) is 3. The Balaban J connectivity index is 1.87. The number of hydrogen-bond donors (Lipinski definition) is 0. The Morgan fingerprint density at radius 2 is 1.84 bits per heavy atom. The minimum Gasteiger partial charge on any atom is -0.342 e. The lowest BCUT2D eigenvalue weighted by Crippen LogP contribution is -2.48. The van der Waals surface area contributed by atoms with Crippen LogP contribution in [0.5, 0.6) is 0 Å². The quantitative estimate of drug-likeness (QED) is 0.775. The van der Waals surface area contributed by atoms with Gasteiger partial charge in [-0.15, -0.1) is 0 Å². The van der Waals surface area contributed by atoms with Gasteiger partial charge in [0, 0.05) is 44.7 Å². The van der Waals surface area contributed by atoms with Crippen LogP contribution in [-0.2, 0) is 4.79 Å². The van der Waals surface area contributed by atoms with E-state index in [0.29, 0.717) is 6.04 Å². The van der Waals surface area contributed by atoms with Crippen molar-refractivity contribution in [2.75, 3.05) is 32.7 Å². The molecule has 0 aromatic heterocycles. The molecule has 0 radical (unpaired) electrons. The molecule has 5 nitrogen and oxygen atoms in total. The van der Waals surface area contributed by atoms with Crippen LogP contribution in [0.2, 0.25) is 0 Å². The maximum Gasteiger partial charge on any atom is 0.320 e. The molecule has 2 fully saturated rings. The molecule has 2 saturated heterocycles. The van der Waals surface area contributed by atoms with Crippen molar-refractivity contribution >= 4 is 11.9 Å². The summed E-state index contributed by atoms with van der Waals surface area (Å²) in [4.78, 5) is 29.9. The van der Waals surface area contributed by atoms with Gasteiger partial charge in [0.15, 0.2) is 0 Å². The lowest BCUT2D eigenvalue weighted by Gasteiger charge is -2.37. The molecule has 108 valence electrons. The fraction of sp³-hybridized carbons (Fsp3) is 0.857. The molecule has 0 atom stereocenters. The van der Waals surface area contributed by atoms with Crippen LogP contribution >= 0.6 is 0 Å². The summed E-state index contributed by atoms with van der Waals surface area (Å²) in [5.41, 5.74) is 0. The third kappa shape index (κ3) is 2.85. The molecule has 3 amide bonds. The zero-order chi connectivity index (χ0) is 14.0. The van der Waals surface area contributed by atoms with E-state index in [0.717, 1.165) is 45.6 Å². The van der Waals surface area contributed by atoms with Gasteiger partial charge >= 0.3 is 6.03 Å². The molecule has 0 N–H and O–H groups in total. The summed E-state index contributed by atoms with van der Waals surface area (Å²) < 4.78 is 0. The highest BCUT2D eigenvalue weighted by molar-refractivity contribution is 5.78. The first-order chi connectivity index (χ1) is 9.04. The van der Waals surface area contributed by atoms with E-state index in [9.17, 15) is 9.59 Å². The van der Waals surface area contributed by atoms with E-state index in [-0.39, 0.29) is 17.9 Å². The van der Waals surface area contributed by atoms with E-state index in [4.69, 9.17) is 0 Å². The molecular formula is C14H25N3O2. The topological polar surface area (TPSA) is 43.9 Å². The molecule has 19 heavy (non-hydrogen) atoms. The van der Waals surface area contributed by atoms with E-state index in [2.05, 4.69) is 0 Å². The first kappa shape index (κ1) is 14.2. The van der Waals surface area contributed by atoms with Crippen molar-refractivity contribution in [3.05, 3.63) is 0 Å². The lowest BCUT2D eigenvalue weighted by atomic mass is 10.0. The van der Waals surface area contributed by atoms with Gasteiger partial charge in [0.25, 0.3) is 0 Å². The van der Waals surface area contributed by atoms with Gasteiger partial charge in [-0.1, -0.05) is 13.8 Å². The van der Waals surface area contributed by atoms with Crippen LogP contribution in [0.25, 0.3) is 0 Å². The third-order valence-corrected chi connectivity index (χ3v) is 4.22. The maximum absolute atomic E-state index is 12.1. The Hall–Kier alpha value is -1.26. The first-order valence-electron chi connectivity index (χ1n) is 7.39. The van der Waals surface area contributed by atoms with Crippen LogP contribution in [0.15, 0.2) is 0 Å². The summed E-state index contributed by atoms with van der Waals surface area (Å²) in [6.45, 7) is 9.96. The number of likely N-dealkylation sites (N-methyl/N-ethyl adjacent to an activating group) is 1. The molecular weight excluding hydrogens is 242 g/mol. The molecule has 2 aliphatic heterocycles. The van der Waals surface area contributed by atoms with Gasteiger partial charge in [-0.2, -0.15) is 0 Å². The van der Waals surface area contributed by atoms with Crippen molar-refractivity contribution in [2.24, 2.45) is 5.92 Å². The number of urea groups is 1. The zero-order valence-corrected chi connectivity index (χ0v) is 12.3. The number of rotatable bonds is 3. The molecule has 0 unspecified atom stereocenters. The van der Waals surface area contributed by atoms with Crippen LogP contribution in [0.3, 0.4) is 0 Å². The minimum absolute atomic E-state index is 0.0700. The molecule has 0 aromatic rings. The molecule has 0 saturated carbocycles.